The van der Waals surface area contributed by atoms with Crippen LogP contribution >= 0.6 is 58.0 Å². The zero-order chi connectivity index (χ0) is 16.4. The Kier molecular flexibility index (Phi) is 10.5. The van der Waals surface area contributed by atoms with Crippen molar-refractivity contribution in [1.82, 2.24) is 29.9 Å². The minimum atomic E-state index is 0.000000000000000444. The second-order valence-corrected chi connectivity index (χ2v) is 4.19. The van der Waals surface area contributed by atoms with E-state index in [9.17, 15) is 0 Å². The summed E-state index contributed by atoms with van der Waals surface area (Å²) in [5.74, 6) is 0. The normalized spacial score (nSPS) is 8.95. The Balaban J connectivity index is 0.000000342. The van der Waals surface area contributed by atoms with Crippen LogP contribution in [0.5, 0.6) is 6.01 Å². The van der Waals surface area contributed by atoms with Crippen LogP contribution in [0.25, 0.3) is 0 Å². The summed E-state index contributed by atoms with van der Waals surface area (Å²) < 4.78 is 4.64. The van der Waals surface area contributed by atoms with Gasteiger partial charge in [-0.1, -0.05) is 0 Å². The molecule has 0 aliphatic heterocycles. The molecule has 0 saturated heterocycles. The molecule has 0 bridgehead atoms. The molecule has 2 aromatic rings. The van der Waals surface area contributed by atoms with Crippen LogP contribution in [-0.2, 0) is 0 Å². The first-order chi connectivity index (χ1) is 9.90. The van der Waals surface area contributed by atoms with E-state index < -0.39 is 0 Å². The number of aliphatic hydroxyl groups excluding tert-OH is 1. The number of rotatable bonds is 1. The highest BCUT2D eigenvalue weighted by molar-refractivity contribution is 6.33. The van der Waals surface area contributed by atoms with E-state index in [0.29, 0.717) is 0 Å². The number of hydrogen-bond acceptors (Lipinski definition) is 8. The topological polar surface area (TPSA) is 107 Å². The Morgan fingerprint density at radius 3 is 1.10 bits per heavy atom. The zero-order valence-electron chi connectivity index (χ0n) is 10.4. The molecule has 0 atom stereocenters. The summed E-state index contributed by atoms with van der Waals surface area (Å²) in [6, 6.07) is 0.116. The minimum Gasteiger partial charge on any atom is -0.467 e. The van der Waals surface area contributed by atoms with Crippen molar-refractivity contribution in [3.05, 3.63) is 26.4 Å². The molecule has 1 N–H and O–H groups in total. The first-order valence-corrected chi connectivity index (χ1v) is 6.58. The summed E-state index contributed by atoms with van der Waals surface area (Å²) in [6.07, 6.45) is 0. The molecule has 0 aromatic carbocycles. The van der Waals surface area contributed by atoms with Gasteiger partial charge in [-0.25, -0.2) is 0 Å². The molecule has 21 heavy (non-hydrogen) atoms. The third kappa shape index (κ3) is 8.97. The average molecular weight is 396 g/mol. The van der Waals surface area contributed by atoms with Gasteiger partial charge in [0.1, 0.15) is 0 Å². The van der Waals surface area contributed by atoms with Gasteiger partial charge in [0, 0.05) is 7.11 Å². The standard InChI is InChI=1S/C4H3Cl2N3O.C3Cl3N3.CH4O/c1-10-4-8-2(5)7-3(6)9-4;4-1-7-2(5)9-3(6)8-1;1-2/h1H3;;2H,1H3. The number of nitrogens with zero attached hydrogens (tertiary/aromatic N) is 6. The summed E-state index contributed by atoms with van der Waals surface area (Å²) in [5.41, 5.74) is 0. The monoisotopic (exact) mass is 394 g/mol. The summed E-state index contributed by atoms with van der Waals surface area (Å²) >= 11 is 26.8. The van der Waals surface area contributed by atoms with Gasteiger partial charge in [0.05, 0.1) is 7.11 Å². The highest BCUT2D eigenvalue weighted by Gasteiger charge is 2.00. The SMILES string of the molecule is CO.COc1nc(Cl)nc(Cl)n1.Clc1nc(Cl)nc(Cl)n1. The predicted octanol–water partition coefficient (Wildman–Crippen LogP) is 2.63. The van der Waals surface area contributed by atoms with Crippen molar-refractivity contribution in [2.24, 2.45) is 0 Å². The Morgan fingerprint density at radius 1 is 0.619 bits per heavy atom. The molecule has 2 rings (SSSR count). The molecule has 8 nitrogen and oxygen atoms in total. The molecule has 13 heteroatoms. The second-order valence-electron chi connectivity index (χ2n) is 2.50. The van der Waals surface area contributed by atoms with E-state index in [-0.39, 0.29) is 32.4 Å². The van der Waals surface area contributed by atoms with E-state index in [4.69, 9.17) is 63.1 Å². The second kappa shape index (κ2) is 10.9. The molecule has 2 aromatic heterocycles. The Labute approximate surface area is 144 Å². The van der Waals surface area contributed by atoms with Gasteiger partial charge in [0.25, 0.3) is 0 Å². The molecule has 0 aliphatic carbocycles. The predicted molar refractivity (Wildman–Crippen MR) is 79.4 cm³/mol. The number of hydrogen-bond donors (Lipinski definition) is 1. The fourth-order valence-electron chi connectivity index (χ4n) is 0.704. The first-order valence-electron chi connectivity index (χ1n) is 4.69. The van der Waals surface area contributed by atoms with Gasteiger partial charge in [-0.3, -0.25) is 0 Å². The summed E-state index contributed by atoms with van der Waals surface area (Å²) in [6.45, 7) is 0. The van der Waals surface area contributed by atoms with E-state index in [1.165, 1.54) is 7.11 Å². The van der Waals surface area contributed by atoms with Crippen LogP contribution in [0.2, 0.25) is 26.4 Å². The van der Waals surface area contributed by atoms with E-state index in [1.54, 1.807) is 0 Å². The van der Waals surface area contributed by atoms with Gasteiger partial charge in [-0.2, -0.15) is 29.9 Å². The van der Waals surface area contributed by atoms with Crippen molar-refractivity contribution in [2.45, 2.75) is 0 Å². The van der Waals surface area contributed by atoms with E-state index >= 15 is 0 Å². The maximum atomic E-state index is 7.00. The summed E-state index contributed by atoms with van der Waals surface area (Å²) in [5, 5.41) is 7.05. The number of ether oxygens (including phenoxy) is 1. The Bertz CT molecular complexity index is 504. The van der Waals surface area contributed by atoms with Crippen LogP contribution in [0.15, 0.2) is 0 Å². The number of methoxy groups -OCH3 is 1. The van der Waals surface area contributed by atoms with Crippen molar-refractivity contribution in [1.29, 1.82) is 0 Å². The van der Waals surface area contributed by atoms with Crippen LogP contribution in [0.4, 0.5) is 0 Å². The molecule has 0 amide bonds. The molecule has 0 saturated carbocycles. The third-order valence-electron chi connectivity index (χ3n) is 1.30. The Hall–Kier alpha value is -0.770. The van der Waals surface area contributed by atoms with Crippen molar-refractivity contribution in [2.75, 3.05) is 14.2 Å². The van der Waals surface area contributed by atoms with Crippen LogP contribution in [0.1, 0.15) is 0 Å². The highest BCUT2D eigenvalue weighted by atomic mass is 35.5. The van der Waals surface area contributed by atoms with Gasteiger partial charge in [0.15, 0.2) is 0 Å². The lowest BCUT2D eigenvalue weighted by Crippen LogP contribution is -1.94. The van der Waals surface area contributed by atoms with E-state index in [2.05, 4.69) is 34.6 Å². The van der Waals surface area contributed by atoms with Crippen LogP contribution in [0.3, 0.4) is 0 Å². The van der Waals surface area contributed by atoms with Gasteiger partial charge in [-0.05, 0) is 58.0 Å². The molecular formula is C8H7Cl5N6O2. The lowest BCUT2D eigenvalue weighted by molar-refractivity contribution is 0.378. The number of aromatic nitrogens is 6. The molecule has 0 aliphatic rings. The van der Waals surface area contributed by atoms with E-state index in [1.807, 2.05) is 0 Å². The van der Waals surface area contributed by atoms with Crippen LogP contribution in [0, 0.1) is 0 Å². The Morgan fingerprint density at radius 2 is 0.857 bits per heavy atom. The van der Waals surface area contributed by atoms with Crippen LogP contribution < -0.4 is 4.74 Å². The minimum absolute atomic E-state index is 0.000000000000000444. The maximum Gasteiger partial charge on any atom is 0.321 e. The van der Waals surface area contributed by atoms with Crippen molar-refractivity contribution >= 4 is 58.0 Å². The quantitative estimate of drug-likeness (QED) is 0.784. The highest BCUT2D eigenvalue weighted by Crippen LogP contribution is 2.10. The smallest absolute Gasteiger partial charge is 0.321 e. The van der Waals surface area contributed by atoms with Crippen LogP contribution in [-0.4, -0.2) is 49.2 Å². The molecule has 0 fully saturated rings. The van der Waals surface area contributed by atoms with Gasteiger partial charge in [0.2, 0.25) is 26.4 Å². The molecule has 116 valence electrons. The largest absolute Gasteiger partial charge is 0.467 e. The van der Waals surface area contributed by atoms with E-state index in [0.717, 1.165) is 7.11 Å². The zero-order valence-corrected chi connectivity index (χ0v) is 14.2. The lowest BCUT2D eigenvalue weighted by atomic mass is 11.0. The summed E-state index contributed by atoms with van der Waals surface area (Å²) in [4.78, 5) is 21.1. The first kappa shape index (κ1) is 20.2. The van der Waals surface area contributed by atoms with Gasteiger partial charge >= 0.3 is 6.01 Å². The van der Waals surface area contributed by atoms with Gasteiger partial charge < -0.3 is 9.84 Å². The fraction of sp³-hybridized carbons (Fsp3) is 0.250. The van der Waals surface area contributed by atoms with Crippen molar-refractivity contribution < 1.29 is 9.84 Å². The third-order valence-corrected chi connectivity index (χ3v) is 2.14. The molecule has 0 radical (unpaired) electrons. The fourth-order valence-corrected chi connectivity index (χ4v) is 1.66. The van der Waals surface area contributed by atoms with Crippen molar-refractivity contribution in [3.8, 4) is 6.01 Å². The van der Waals surface area contributed by atoms with Crippen molar-refractivity contribution in [3.63, 3.8) is 0 Å². The number of halogens is 5. The average Bonchev–Trinajstić information content (AvgIpc) is 2.39. The maximum absolute atomic E-state index is 7.00. The summed E-state index contributed by atoms with van der Waals surface area (Å²) in [7, 11) is 2.42. The number of aliphatic hydroxyl groups is 1. The molecular weight excluding hydrogens is 389 g/mol. The molecule has 0 spiro atoms. The molecule has 2 heterocycles. The van der Waals surface area contributed by atoms with Gasteiger partial charge in [-0.15, -0.1) is 0 Å². The lowest BCUT2D eigenvalue weighted by Gasteiger charge is -1.95. The molecule has 0 unspecified atom stereocenters.